The Kier molecular flexibility index (Phi) is 5.89. The number of H-pyrrole nitrogens is 1. The summed E-state index contributed by atoms with van der Waals surface area (Å²) in [6, 6.07) is 22.3. The maximum absolute atomic E-state index is 9.43. The van der Waals surface area contributed by atoms with Crippen LogP contribution < -0.4 is 10.1 Å². The number of ether oxygens (including phenoxy) is 1. The zero-order chi connectivity index (χ0) is 17.9. The molecule has 140 valence electrons. The molecule has 4 nitrogen and oxygen atoms in total. The first-order chi connectivity index (χ1) is 12.7. The fourth-order valence-corrected chi connectivity index (χ4v) is 3.25. The molecule has 0 saturated carbocycles. The second kappa shape index (κ2) is 8.33. The summed E-state index contributed by atoms with van der Waals surface area (Å²) in [5.74, 6) is 0.841. The lowest BCUT2D eigenvalue weighted by Crippen LogP contribution is -2.24. The van der Waals surface area contributed by atoms with Gasteiger partial charge in [-0.15, -0.1) is 12.4 Å². The summed E-state index contributed by atoms with van der Waals surface area (Å²) in [5.41, 5.74) is 4.04. The van der Waals surface area contributed by atoms with E-state index in [4.69, 9.17) is 4.74 Å². The second-order valence-corrected chi connectivity index (χ2v) is 6.55. The van der Waals surface area contributed by atoms with Crippen molar-refractivity contribution in [3.05, 3.63) is 72.3 Å². The highest BCUT2D eigenvalue weighted by Gasteiger charge is 2.08. The number of aromatic nitrogens is 1. The van der Waals surface area contributed by atoms with Crippen LogP contribution in [0.25, 0.3) is 21.8 Å². The molecule has 0 saturated heterocycles. The lowest BCUT2D eigenvalue weighted by atomic mass is 10.1. The summed E-state index contributed by atoms with van der Waals surface area (Å²) in [7, 11) is 0. The number of hydrogen-bond donors (Lipinski definition) is 3. The number of benzene rings is 3. The highest BCUT2D eigenvalue weighted by Crippen LogP contribution is 2.28. The van der Waals surface area contributed by atoms with Crippen LogP contribution in [0.15, 0.2) is 66.7 Å². The van der Waals surface area contributed by atoms with Gasteiger partial charge in [-0.2, -0.15) is 0 Å². The zero-order valence-corrected chi connectivity index (χ0v) is 15.9. The van der Waals surface area contributed by atoms with E-state index in [0.29, 0.717) is 6.61 Å². The molecule has 5 heteroatoms. The summed E-state index contributed by atoms with van der Waals surface area (Å²) in [4.78, 5) is 3.44. The van der Waals surface area contributed by atoms with Gasteiger partial charge in [-0.25, -0.2) is 0 Å². The average Bonchev–Trinajstić information content (AvgIpc) is 3.04. The van der Waals surface area contributed by atoms with E-state index in [0.717, 1.165) is 28.0 Å². The Morgan fingerprint density at radius 1 is 0.963 bits per heavy atom. The minimum Gasteiger partial charge on any atom is -0.491 e. The number of aliphatic hydroxyl groups excluding tert-OH is 1. The Balaban J connectivity index is 0.00000210. The third-order valence-electron chi connectivity index (χ3n) is 4.57. The highest BCUT2D eigenvalue weighted by molar-refractivity contribution is 6.07. The van der Waals surface area contributed by atoms with Crippen molar-refractivity contribution in [1.29, 1.82) is 0 Å². The lowest BCUT2D eigenvalue weighted by molar-refractivity contribution is 0.281. The number of rotatable bonds is 6. The number of anilines is 1. The summed E-state index contributed by atoms with van der Waals surface area (Å²) in [6.45, 7) is 2.62. The van der Waals surface area contributed by atoms with Crippen LogP contribution in [0.5, 0.6) is 5.75 Å². The highest BCUT2D eigenvalue weighted by atomic mass is 35.5. The number of aromatic amines is 1. The van der Waals surface area contributed by atoms with Crippen molar-refractivity contribution < 1.29 is 9.84 Å². The number of aliphatic hydroxyl groups is 1. The van der Waals surface area contributed by atoms with Crippen LogP contribution in [0.3, 0.4) is 0 Å². The van der Waals surface area contributed by atoms with Gasteiger partial charge in [0.1, 0.15) is 12.4 Å². The van der Waals surface area contributed by atoms with Crippen molar-refractivity contribution in [3.63, 3.8) is 0 Å². The van der Waals surface area contributed by atoms with E-state index in [1.807, 2.05) is 42.5 Å². The van der Waals surface area contributed by atoms with Gasteiger partial charge < -0.3 is 20.1 Å². The van der Waals surface area contributed by atoms with Crippen LogP contribution in [-0.4, -0.2) is 22.7 Å². The first-order valence-electron chi connectivity index (χ1n) is 8.83. The molecule has 3 N–H and O–H groups in total. The van der Waals surface area contributed by atoms with E-state index in [2.05, 4.69) is 41.5 Å². The molecule has 0 radical (unpaired) electrons. The van der Waals surface area contributed by atoms with Gasteiger partial charge in [0, 0.05) is 33.6 Å². The Bertz CT molecular complexity index is 1040. The average molecular weight is 383 g/mol. The van der Waals surface area contributed by atoms with Gasteiger partial charge in [0.05, 0.1) is 18.2 Å². The van der Waals surface area contributed by atoms with E-state index in [1.165, 1.54) is 10.8 Å². The molecule has 0 aliphatic heterocycles. The quantitative estimate of drug-likeness (QED) is 0.434. The van der Waals surface area contributed by atoms with Crippen LogP contribution in [-0.2, 0) is 6.61 Å². The summed E-state index contributed by atoms with van der Waals surface area (Å²) in [6.07, 6.45) is 0. The van der Waals surface area contributed by atoms with Crippen LogP contribution in [0.1, 0.15) is 12.5 Å². The Morgan fingerprint density at radius 3 is 2.56 bits per heavy atom. The van der Waals surface area contributed by atoms with Crippen molar-refractivity contribution in [2.24, 2.45) is 0 Å². The molecule has 0 aliphatic rings. The van der Waals surface area contributed by atoms with Crippen molar-refractivity contribution >= 4 is 39.9 Å². The van der Waals surface area contributed by atoms with Gasteiger partial charge in [0.2, 0.25) is 0 Å². The molecular formula is C22H23ClN2O2. The predicted molar refractivity (Wildman–Crippen MR) is 114 cm³/mol. The fourth-order valence-electron chi connectivity index (χ4n) is 3.25. The minimum absolute atomic E-state index is 0. The van der Waals surface area contributed by atoms with Gasteiger partial charge in [-0.1, -0.05) is 36.4 Å². The molecule has 4 aromatic rings. The number of nitrogens with one attached hydrogen (secondary N) is 2. The molecule has 0 bridgehead atoms. The van der Waals surface area contributed by atoms with E-state index >= 15 is 0 Å². The van der Waals surface area contributed by atoms with E-state index in [-0.39, 0.29) is 25.1 Å². The molecule has 1 heterocycles. The summed E-state index contributed by atoms with van der Waals surface area (Å²) < 4.78 is 5.97. The van der Waals surface area contributed by atoms with Crippen molar-refractivity contribution in [2.75, 3.05) is 11.9 Å². The molecule has 27 heavy (non-hydrogen) atoms. The van der Waals surface area contributed by atoms with Crippen molar-refractivity contribution in [1.82, 2.24) is 4.98 Å². The van der Waals surface area contributed by atoms with Crippen LogP contribution in [0.4, 0.5) is 5.69 Å². The molecule has 4 rings (SSSR count). The van der Waals surface area contributed by atoms with Gasteiger partial charge in [0.25, 0.3) is 0 Å². The van der Waals surface area contributed by atoms with Gasteiger partial charge in [-0.3, -0.25) is 0 Å². The normalized spacial score (nSPS) is 11.9. The predicted octanol–water partition coefficient (Wildman–Crippen LogP) is 5.11. The maximum atomic E-state index is 9.43. The molecule has 1 atom stereocenters. The van der Waals surface area contributed by atoms with E-state index in [9.17, 15) is 5.11 Å². The molecule has 0 fully saturated rings. The zero-order valence-electron chi connectivity index (χ0n) is 15.1. The number of fused-ring (bicyclic) bond motifs is 3. The Morgan fingerprint density at radius 2 is 1.70 bits per heavy atom. The molecule has 0 unspecified atom stereocenters. The maximum Gasteiger partial charge on any atom is 0.121 e. The molecule has 1 aromatic heterocycles. The fraction of sp³-hybridized carbons (Fsp3) is 0.182. The largest absolute Gasteiger partial charge is 0.491 e. The van der Waals surface area contributed by atoms with Gasteiger partial charge in [0.15, 0.2) is 0 Å². The van der Waals surface area contributed by atoms with E-state index < -0.39 is 0 Å². The SMILES string of the molecule is C[C@H](COc1ccc2c(c1)[nH]c1ccccc12)Nc1ccccc1CO.Cl. The number of halogens is 1. The Hall–Kier alpha value is -2.69. The van der Waals surface area contributed by atoms with Crippen molar-refractivity contribution in [2.45, 2.75) is 19.6 Å². The van der Waals surface area contributed by atoms with Crippen LogP contribution in [0, 0.1) is 0 Å². The number of para-hydroxylation sites is 2. The standard InChI is InChI=1S/C22H22N2O2.ClH/c1-15(23-20-8-4-2-6-16(20)13-25)14-26-17-10-11-19-18-7-3-5-9-21(18)24-22(19)12-17;/h2-12,15,23-25H,13-14H2,1H3;1H/t15-;/m1./s1. The Labute approximate surface area is 164 Å². The summed E-state index contributed by atoms with van der Waals surface area (Å²) in [5, 5.41) is 15.3. The second-order valence-electron chi connectivity index (χ2n) is 6.55. The molecule has 0 amide bonds. The molecular weight excluding hydrogens is 360 g/mol. The van der Waals surface area contributed by atoms with Crippen LogP contribution >= 0.6 is 12.4 Å². The third kappa shape index (κ3) is 4.02. The van der Waals surface area contributed by atoms with Crippen molar-refractivity contribution in [3.8, 4) is 5.75 Å². The first kappa shape index (κ1) is 19.1. The summed E-state index contributed by atoms with van der Waals surface area (Å²) >= 11 is 0. The van der Waals surface area contributed by atoms with Gasteiger partial charge >= 0.3 is 0 Å². The third-order valence-corrected chi connectivity index (χ3v) is 4.57. The topological polar surface area (TPSA) is 57.3 Å². The molecule has 3 aromatic carbocycles. The number of hydrogen-bond acceptors (Lipinski definition) is 3. The van der Waals surface area contributed by atoms with Gasteiger partial charge in [-0.05, 0) is 31.2 Å². The minimum atomic E-state index is 0. The first-order valence-corrected chi connectivity index (χ1v) is 8.83. The molecule has 0 spiro atoms. The monoisotopic (exact) mass is 382 g/mol. The lowest BCUT2D eigenvalue weighted by Gasteiger charge is -2.18. The molecule has 0 aliphatic carbocycles. The van der Waals surface area contributed by atoms with E-state index in [1.54, 1.807) is 0 Å². The smallest absolute Gasteiger partial charge is 0.121 e. The van der Waals surface area contributed by atoms with Crippen LogP contribution in [0.2, 0.25) is 0 Å².